The first-order chi connectivity index (χ1) is 12.4. The summed E-state index contributed by atoms with van der Waals surface area (Å²) in [7, 11) is 1.52. The molecule has 4 nitrogen and oxygen atoms in total. The van der Waals surface area contributed by atoms with E-state index in [2.05, 4.69) is 25.2 Å². The molecule has 1 amide bonds. The smallest absolute Gasteiger partial charge is 0.309 e. The Morgan fingerprint density at radius 1 is 1.12 bits per heavy atom. The van der Waals surface area contributed by atoms with Crippen molar-refractivity contribution in [3.8, 4) is 0 Å². The monoisotopic (exact) mass is 361 g/mol. The summed E-state index contributed by atoms with van der Waals surface area (Å²) in [6.45, 7) is 8.66. The van der Waals surface area contributed by atoms with Gasteiger partial charge in [0, 0.05) is 11.5 Å². The van der Waals surface area contributed by atoms with Gasteiger partial charge in [0.05, 0.1) is 13.0 Å². The highest BCUT2D eigenvalue weighted by atomic mass is 16.5. The third-order valence-electron chi connectivity index (χ3n) is 8.17. The van der Waals surface area contributed by atoms with Gasteiger partial charge in [-0.1, -0.05) is 33.8 Å². The number of nitrogens with one attached hydrogen (secondary N) is 1. The molecule has 1 N–H and O–H groups in total. The van der Waals surface area contributed by atoms with Crippen molar-refractivity contribution >= 4 is 11.9 Å². The van der Waals surface area contributed by atoms with E-state index in [9.17, 15) is 9.59 Å². The van der Waals surface area contributed by atoms with Crippen LogP contribution in [0.2, 0.25) is 0 Å². The van der Waals surface area contributed by atoms with Crippen LogP contribution in [0.25, 0.3) is 0 Å². The summed E-state index contributed by atoms with van der Waals surface area (Å²) in [5, 5.41) is 3.20. The third kappa shape index (κ3) is 2.71. The minimum absolute atomic E-state index is 0.0110. The predicted octanol–water partition coefficient (Wildman–Crippen LogP) is 4.10. The first-order valence-corrected chi connectivity index (χ1v) is 10.5. The molecule has 4 unspecified atom stereocenters. The SMILES string of the molecule is CC.COC(=O)[C@H]1CCC2C3CCC4NC(=O)C=C[C@]4(C)C3CC[C@@]21C. The van der Waals surface area contributed by atoms with Gasteiger partial charge in [-0.2, -0.15) is 0 Å². The van der Waals surface area contributed by atoms with Crippen molar-refractivity contribution in [2.75, 3.05) is 7.11 Å². The summed E-state index contributed by atoms with van der Waals surface area (Å²) in [5.74, 6) is 2.01. The Bertz CT molecular complexity index is 600. The molecule has 7 atom stereocenters. The molecule has 1 aliphatic heterocycles. The lowest BCUT2D eigenvalue weighted by atomic mass is 9.48. The highest BCUT2D eigenvalue weighted by Crippen LogP contribution is 2.65. The number of hydrogen-bond acceptors (Lipinski definition) is 3. The lowest BCUT2D eigenvalue weighted by Crippen LogP contribution is -2.59. The number of carbonyl (C=O) groups excluding carboxylic acids is 2. The molecule has 0 aromatic carbocycles. The average molecular weight is 362 g/mol. The molecule has 146 valence electrons. The molecule has 3 saturated carbocycles. The van der Waals surface area contributed by atoms with Gasteiger partial charge in [0.2, 0.25) is 5.91 Å². The Hall–Kier alpha value is -1.32. The zero-order valence-electron chi connectivity index (χ0n) is 17.0. The van der Waals surface area contributed by atoms with E-state index in [1.54, 1.807) is 6.08 Å². The van der Waals surface area contributed by atoms with Crippen molar-refractivity contribution in [1.29, 1.82) is 0 Å². The molecule has 0 aromatic rings. The van der Waals surface area contributed by atoms with Gasteiger partial charge in [-0.3, -0.25) is 9.59 Å². The van der Waals surface area contributed by atoms with Gasteiger partial charge >= 0.3 is 5.97 Å². The van der Waals surface area contributed by atoms with Crippen molar-refractivity contribution in [3.05, 3.63) is 12.2 Å². The van der Waals surface area contributed by atoms with Crippen molar-refractivity contribution in [2.24, 2.45) is 34.5 Å². The Labute approximate surface area is 158 Å². The third-order valence-corrected chi connectivity index (χ3v) is 8.17. The van der Waals surface area contributed by atoms with Crippen LogP contribution >= 0.6 is 0 Å². The van der Waals surface area contributed by atoms with Crippen LogP contribution in [0.1, 0.15) is 66.2 Å². The standard InChI is InChI=1S/C20H29NO3.C2H6/c1-19-10-8-14-12(13(19)5-6-15(19)18(23)24-3)4-7-16-20(14,2)11-9-17(22)21-16;1-2/h9,11-16H,4-8,10H2,1-3H3,(H,21,22);1-2H3/t12?,13?,14?,15-,16?,19+,20-;/m1./s1. The molecular formula is C22H35NO3. The van der Waals surface area contributed by atoms with Gasteiger partial charge in [-0.25, -0.2) is 0 Å². The van der Waals surface area contributed by atoms with Crippen LogP contribution in [-0.2, 0) is 14.3 Å². The van der Waals surface area contributed by atoms with Crippen molar-refractivity contribution < 1.29 is 14.3 Å². The molecule has 0 saturated heterocycles. The Morgan fingerprint density at radius 3 is 2.54 bits per heavy atom. The first kappa shape index (κ1) is 19.4. The van der Waals surface area contributed by atoms with Crippen LogP contribution in [0.4, 0.5) is 0 Å². The van der Waals surface area contributed by atoms with E-state index in [1.165, 1.54) is 13.5 Å². The lowest BCUT2D eigenvalue weighted by molar-refractivity contribution is -0.153. The molecule has 4 heteroatoms. The van der Waals surface area contributed by atoms with E-state index in [1.807, 2.05) is 13.8 Å². The van der Waals surface area contributed by atoms with Gasteiger partial charge in [0.1, 0.15) is 0 Å². The van der Waals surface area contributed by atoms with Crippen LogP contribution in [0.15, 0.2) is 12.2 Å². The topological polar surface area (TPSA) is 55.4 Å². The highest BCUT2D eigenvalue weighted by Gasteiger charge is 2.61. The summed E-state index contributed by atoms with van der Waals surface area (Å²) in [6.07, 6.45) is 10.5. The van der Waals surface area contributed by atoms with Crippen LogP contribution in [0, 0.1) is 34.5 Å². The molecule has 0 aromatic heterocycles. The van der Waals surface area contributed by atoms with Gasteiger partial charge in [0.25, 0.3) is 0 Å². The summed E-state index contributed by atoms with van der Waals surface area (Å²) < 4.78 is 5.10. The van der Waals surface area contributed by atoms with E-state index < -0.39 is 0 Å². The van der Waals surface area contributed by atoms with E-state index in [0.29, 0.717) is 17.8 Å². The van der Waals surface area contributed by atoms with Crippen molar-refractivity contribution in [2.45, 2.75) is 72.3 Å². The van der Waals surface area contributed by atoms with E-state index >= 15 is 0 Å². The quantitative estimate of drug-likeness (QED) is 0.716. The molecule has 1 heterocycles. The number of esters is 1. The molecule has 3 aliphatic carbocycles. The Morgan fingerprint density at radius 2 is 1.85 bits per heavy atom. The van der Waals surface area contributed by atoms with Gasteiger partial charge in [0.15, 0.2) is 0 Å². The number of rotatable bonds is 1. The van der Waals surface area contributed by atoms with Gasteiger partial charge in [-0.15, -0.1) is 0 Å². The van der Waals surface area contributed by atoms with Gasteiger partial charge in [-0.05, 0) is 67.8 Å². The number of methoxy groups -OCH3 is 1. The fraction of sp³-hybridized carbons (Fsp3) is 0.818. The largest absolute Gasteiger partial charge is 0.469 e. The van der Waals surface area contributed by atoms with Crippen LogP contribution in [0.5, 0.6) is 0 Å². The number of fused-ring (bicyclic) bond motifs is 5. The summed E-state index contributed by atoms with van der Waals surface area (Å²) in [4.78, 5) is 24.0. The number of ether oxygens (including phenoxy) is 1. The second kappa shape index (κ2) is 7.01. The maximum absolute atomic E-state index is 12.3. The molecule has 0 radical (unpaired) electrons. The summed E-state index contributed by atoms with van der Waals surface area (Å²) >= 11 is 0. The van der Waals surface area contributed by atoms with Crippen LogP contribution < -0.4 is 5.32 Å². The van der Waals surface area contributed by atoms with Crippen LogP contribution in [0.3, 0.4) is 0 Å². The second-order valence-electron chi connectivity index (χ2n) is 8.91. The Balaban J connectivity index is 0.000000948. The number of hydrogen-bond donors (Lipinski definition) is 1. The normalized spacial score (nSPS) is 46.0. The molecule has 26 heavy (non-hydrogen) atoms. The van der Waals surface area contributed by atoms with Crippen molar-refractivity contribution in [3.63, 3.8) is 0 Å². The minimum Gasteiger partial charge on any atom is -0.469 e. The molecular weight excluding hydrogens is 326 g/mol. The predicted molar refractivity (Wildman–Crippen MR) is 102 cm³/mol. The zero-order valence-corrected chi connectivity index (χ0v) is 17.0. The molecule has 0 spiro atoms. The second-order valence-corrected chi connectivity index (χ2v) is 8.91. The van der Waals surface area contributed by atoms with E-state index in [4.69, 9.17) is 4.74 Å². The molecule has 0 bridgehead atoms. The van der Waals surface area contributed by atoms with E-state index in [-0.39, 0.29) is 34.7 Å². The summed E-state index contributed by atoms with van der Waals surface area (Å²) in [6, 6.07) is 0.276. The number of amides is 1. The minimum atomic E-state index is -0.0110. The maximum atomic E-state index is 12.3. The lowest BCUT2D eigenvalue weighted by Gasteiger charge is -2.58. The average Bonchev–Trinajstić information content (AvgIpc) is 3.00. The molecule has 4 aliphatic rings. The molecule has 3 fully saturated rings. The van der Waals surface area contributed by atoms with Crippen molar-refractivity contribution in [1.82, 2.24) is 5.32 Å². The highest BCUT2D eigenvalue weighted by molar-refractivity contribution is 5.89. The summed E-state index contributed by atoms with van der Waals surface area (Å²) in [5.41, 5.74) is 0.167. The zero-order chi connectivity index (χ0) is 19.1. The van der Waals surface area contributed by atoms with E-state index in [0.717, 1.165) is 32.1 Å². The fourth-order valence-corrected chi connectivity index (χ4v) is 6.86. The van der Waals surface area contributed by atoms with Crippen LogP contribution in [-0.4, -0.2) is 25.0 Å². The fourth-order valence-electron chi connectivity index (χ4n) is 6.86. The van der Waals surface area contributed by atoms with Gasteiger partial charge < -0.3 is 10.1 Å². The Kier molecular flexibility index (Phi) is 5.24. The molecule has 4 rings (SSSR count). The first-order valence-electron chi connectivity index (χ1n) is 10.5. The maximum Gasteiger partial charge on any atom is 0.309 e. The number of carbonyl (C=O) groups is 2.